The Balaban J connectivity index is 2.78. The minimum atomic E-state index is -4.46. The second-order valence-electron chi connectivity index (χ2n) is 3.79. The van der Waals surface area contributed by atoms with Gasteiger partial charge in [-0.15, -0.1) is 0 Å². The van der Waals surface area contributed by atoms with E-state index in [1.165, 1.54) is 6.07 Å². The molecule has 8 heteroatoms. The minimum absolute atomic E-state index is 0.162. The highest BCUT2D eigenvalue weighted by Gasteiger charge is 2.30. The number of rotatable bonds is 3. The Morgan fingerprint density at radius 1 is 1.32 bits per heavy atom. The molecule has 0 unspecified atom stereocenters. The molecule has 0 heterocycles. The molecule has 104 valence electrons. The number of nitrogens with two attached hydrogens (primary N) is 1. The maximum Gasteiger partial charge on any atom is 0.416 e. The fraction of sp³-hybridized carbons (Fsp3) is 0.273. The van der Waals surface area contributed by atoms with Crippen LogP contribution in [0.3, 0.4) is 0 Å². The summed E-state index contributed by atoms with van der Waals surface area (Å²) in [6.07, 6.45) is -4.46. The van der Waals surface area contributed by atoms with Crippen LogP contribution >= 0.6 is 0 Å². The summed E-state index contributed by atoms with van der Waals surface area (Å²) in [6, 6.07) is 2.11. The van der Waals surface area contributed by atoms with Crippen molar-refractivity contribution >= 4 is 17.6 Å². The number of primary amides is 1. The van der Waals surface area contributed by atoms with E-state index in [0.717, 1.165) is 12.1 Å². The predicted molar refractivity (Wildman–Crippen MR) is 62.4 cm³/mol. The Hall–Kier alpha value is -2.25. The summed E-state index contributed by atoms with van der Waals surface area (Å²) in [6.45, 7) is 1.24. The van der Waals surface area contributed by atoms with Crippen molar-refractivity contribution in [3.8, 4) is 0 Å². The molecule has 1 rings (SSSR count). The Kier molecular flexibility index (Phi) is 4.36. The van der Waals surface area contributed by atoms with E-state index in [4.69, 9.17) is 5.73 Å². The van der Waals surface area contributed by atoms with Crippen LogP contribution in [0.1, 0.15) is 11.1 Å². The molecule has 0 spiro atoms. The molecule has 1 aromatic rings. The second kappa shape index (κ2) is 5.59. The Bertz CT molecular complexity index is 500. The summed E-state index contributed by atoms with van der Waals surface area (Å²) in [4.78, 5) is 21.5. The van der Waals surface area contributed by atoms with Crippen LogP contribution in [0.2, 0.25) is 0 Å². The van der Waals surface area contributed by atoms with Crippen molar-refractivity contribution in [2.75, 3.05) is 11.9 Å². The maximum atomic E-state index is 12.5. The quantitative estimate of drug-likeness (QED) is 0.783. The number of benzene rings is 1. The van der Waals surface area contributed by atoms with Crippen molar-refractivity contribution in [2.45, 2.75) is 13.1 Å². The maximum absolute atomic E-state index is 12.5. The molecule has 0 fully saturated rings. The third kappa shape index (κ3) is 4.49. The topological polar surface area (TPSA) is 84.2 Å². The summed E-state index contributed by atoms with van der Waals surface area (Å²) < 4.78 is 37.5. The van der Waals surface area contributed by atoms with Gasteiger partial charge in [0, 0.05) is 5.69 Å². The van der Waals surface area contributed by atoms with Crippen molar-refractivity contribution in [1.82, 2.24) is 5.32 Å². The average molecular weight is 275 g/mol. The zero-order valence-electron chi connectivity index (χ0n) is 9.97. The Labute approximate surface area is 107 Å². The van der Waals surface area contributed by atoms with E-state index >= 15 is 0 Å². The van der Waals surface area contributed by atoms with Gasteiger partial charge in [0.15, 0.2) is 0 Å². The number of anilines is 1. The number of carbonyl (C=O) groups is 2. The zero-order chi connectivity index (χ0) is 14.6. The Morgan fingerprint density at radius 3 is 2.47 bits per heavy atom. The van der Waals surface area contributed by atoms with Crippen LogP contribution in [0.15, 0.2) is 18.2 Å². The van der Waals surface area contributed by atoms with Gasteiger partial charge in [0.05, 0.1) is 12.1 Å². The number of hydrogen-bond acceptors (Lipinski definition) is 3. The van der Waals surface area contributed by atoms with Crippen LogP contribution in [0.5, 0.6) is 0 Å². The average Bonchev–Trinajstić information content (AvgIpc) is 2.25. The van der Waals surface area contributed by atoms with Gasteiger partial charge in [-0.25, -0.2) is 4.79 Å². The van der Waals surface area contributed by atoms with E-state index in [9.17, 15) is 22.8 Å². The summed E-state index contributed by atoms with van der Waals surface area (Å²) in [5.41, 5.74) is 4.61. The highest BCUT2D eigenvalue weighted by Crippen LogP contribution is 2.31. The lowest BCUT2D eigenvalue weighted by atomic mass is 10.1. The molecular weight excluding hydrogens is 263 g/mol. The van der Waals surface area contributed by atoms with Crippen molar-refractivity contribution in [3.63, 3.8) is 0 Å². The molecule has 3 amide bonds. The number of halogens is 3. The number of nitrogens with one attached hydrogen (secondary N) is 2. The third-order valence-electron chi connectivity index (χ3n) is 2.27. The van der Waals surface area contributed by atoms with E-state index < -0.39 is 23.7 Å². The van der Waals surface area contributed by atoms with Gasteiger partial charge in [-0.1, -0.05) is 6.07 Å². The largest absolute Gasteiger partial charge is 0.416 e. The molecule has 19 heavy (non-hydrogen) atoms. The molecule has 0 saturated carbocycles. The lowest BCUT2D eigenvalue weighted by Gasteiger charge is -2.12. The number of carbonyl (C=O) groups excluding carboxylic acids is 2. The fourth-order valence-corrected chi connectivity index (χ4v) is 1.35. The van der Waals surface area contributed by atoms with Gasteiger partial charge in [0.2, 0.25) is 5.91 Å². The summed E-state index contributed by atoms with van der Waals surface area (Å²) in [5.74, 6) is -0.732. The van der Waals surface area contributed by atoms with Crippen LogP contribution in [-0.4, -0.2) is 18.5 Å². The first-order chi connectivity index (χ1) is 8.70. The number of hydrogen-bond donors (Lipinski definition) is 3. The van der Waals surface area contributed by atoms with Gasteiger partial charge in [-0.2, -0.15) is 13.2 Å². The molecule has 4 N–H and O–H groups in total. The van der Waals surface area contributed by atoms with Gasteiger partial charge in [0.25, 0.3) is 0 Å². The van der Waals surface area contributed by atoms with Gasteiger partial charge in [-0.05, 0) is 24.6 Å². The van der Waals surface area contributed by atoms with Gasteiger partial charge in [-0.3, -0.25) is 10.1 Å². The number of aryl methyl sites for hydroxylation is 1. The van der Waals surface area contributed by atoms with E-state index in [1.54, 1.807) is 12.2 Å². The lowest BCUT2D eigenvalue weighted by Crippen LogP contribution is -2.38. The van der Waals surface area contributed by atoms with E-state index in [1.807, 2.05) is 0 Å². The van der Waals surface area contributed by atoms with Crippen LogP contribution in [0, 0.1) is 6.92 Å². The zero-order valence-corrected chi connectivity index (χ0v) is 9.97. The van der Waals surface area contributed by atoms with Crippen molar-refractivity contribution < 1.29 is 22.8 Å². The molecule has 0 aliphatic carbocycles. The molecule has 5 nitrogen and oxygen atoms in total. The molecule has 0 aliphatic rings. The van der Waals surface area contributed by atoms with Gasteiger partial charge < -0.3 is 11.1 Å². The Morgan fingerprint density at radius 2 is 1.95 bits per heavy atom. The number of amides is 3. The number of urea groups is 1. The SMILES string of the molecule is Cc1ccc(C(F)(F)F)cc1NCC(=O)NC(N)=O. The smallest absolute Gasteiger partial charge is 0.376 e. The molecule has 0 atom stereocenters. The third-order valence-corrected chi connectivity index (χ3v) is 2.27. The fourth-order valence-electron chi connectivity index (χ4n) is 1.35. The molecule has 0 radical (unpaired) electrons. The van der Waals surface area contributed by atoms with Crippen molar-refractivity contribution in [3.05, 3.63) is 29.3 Å². The summed E-state index contributed by atoms with van der Waals surface area (Å²) >= 11 is 0. The van der Waals surface area contributed by atoms with Crippen LogP contribution in [0.25, 0.3) is 0 Å². The molecule has 0 bridgehead atoms. The van der Waals surface area contributed by atoms with Crippen LogP contribution < -0.4 is 16.4 Å². The standard InChI is InChI=1S/C11H12F3N3O2/c1-6-2-3-7(11(12,13)14)4-8(6)16-5-9(18)17-10(15)19/h2-4,16H,5H2,1H3,(H3,15,17,18,19). The summed E-state index contributed by atoms with van der Waals surface area (Å²) in [5, 5.41) is 4.30. The molecular formula is C11H12F3N3O2. The van der Waals surface area contributed by atoms with Crippen molar-refractivity contribution in [1.29, 1.82) is 0 Å². The molecule has 0 aromatic heterocycles. The lowest BCUT2D eigenvalue weighted by molar-refractivity contribution is -0.137. The van der Waals surface area contributed by atoms with Gasteiger partial charge >= 0.3 is 12.2 Å². The normalized spacial score (nSPS) is 10.9. The molecule has 0 aliphatic heterocycles. The summed E-state index contributed by atoms with van der Waals surface area (Å²) in [7, 11) is 0. The van der Waals surface area contributed by atoms with E-state index in [0.29, 0.717) is 5.56 Å². The van der Waals surface area contributed by atoms with Gasteiger partial charge in [0.1, 0.15) is 0 Å². The number of alkyl halides is 3. The first kappa shape index (κ1) is 14.8. The highest BCUT2D eigenvalue weighted by atomic mass is 19.4. The monoisotopic (exact) mass is 275 g/mol. The first-order valence-corrected chi connectivity index (χ1v) is 5.21. The van der Waals surface area contributed by atoms with E-state index in [2.05, 4.69) is 5.32 Å². The van der Waals surface area contributed by atoms with Crippen molar-refractivity contribution in [2.24, 2.45) is 5.73 Å². The first-order valence-electron chi connectivity index (χ1n) is 5.21. The van der Waals surface area contributed by atoms with Crippen LogP contribution in [-0.2, 0) is 11.0 Å². The molecule has 0 saturated heterocycles. The highest BCUT2D eigenvalue weighted by molar-refractivity contribution is 5.95. The van der Waals surface area contributed by atoms with E-state index in [-0.39, 0.29) is 12.2 Å². The number of imide groups is 1. The molecule has 1 aromatic carbocycles. The minimum Gasteiger partial charge on any atom is -0.376 e. The predicted octanol–water partition coefficient (Wildman–Crippen LogP) is 1.62. The van der Waals surface area contributed by atoms with Crippen LogP contribution in [0.4, 0.5) is 23.7 Å². The second-order valence-corrected chi connectivity index (χ2v) is 3.79.